The average molecular weight is 315 g/mol. The van der Waals surface area contributed by atoms with Gasteiger partial charge in [-0.05, 0) is 18.5 Å². The maximum absolute atomic E-state index is 12.7. The molecule has 1 N–H and O–H groups in total. The Morgan fingerprint density at radius 3 is 2.60 bits per heavy atom. The summed E-state index contributed by atoms with van der Waals surface area (Å²) >= 11 is 2.50. The van der Waals surface area contributed by atoms with E-state index in [4.69, 9.17) is 0 Å². The van der Waals surface area contributed by atoms with Crippen LogP contribution in [0.1, 0.15) is 43.1 Å². The molecule has 0 bridgehead atoms. The number of hydrogen-bond acceptors (Lipinski definition) is 6. The van der Waals surface area contributed by atoms with Crippen LogP contribution in [0, 0.1) is 0 Å². The highest BCUT2D eigenvalue weighted by Crippen LogP contribution is 2.33. The van der Waals surface area contributed by atoms with Crippen molar-refractivity contribution in [1.82, 2.24) is 14.5 Å². The first-order chi connectivity index (χ1) is 9.23. The second-order valence-corrected chi connectivity index (χ2v) is 7.80. The molecule has 6 nitrogen and oxygen atoms in total. The van der Waals surface area contributed by atoms with Crippen LogP contribution in [0.15, 0.2) is 0 Å². The van der Waals surface area contributed by atoms with Crippen LogP contribution in [0.25, 0.3) is 0 Å². The molecule has 0 spiro atoms. The highest BCUT2D eigenvalue weighted by molar-refractivity contribution is 8.00. The molecule has 2 unspecified atom stereocenters. The summed E-state index contributed by atoms with van der Waals surface area (Å²) in [4.78, 5) is 25.8. The third-order valence-corrected chi connectivity index (χ3v) is 5.07. The zero-order valence-electron chi connectivity index (χ0n) is 11.8. The number of rotatable bonds is 2. The van der Waals surface area contributed by atoms with Crippen molar-refractivity contribution in [3.8, 4) is 0 Å². The van der Waals surface area contributed by atoms with Gasteiger partial charge in [0, 0.05) is 11.2 Å². The molecule has 1 fully saturated rings. The lowest BCUT2D eigenvalue weighted by Gasteiger charge is -2.25. The largest absolute Gasteiger partial charge is 0.480 e. The Morgan fingerprint density at radius 1 is 1.40 bits per heavy atom. The van der Waals surface area contributed by atoms with E-state index in [2.05, 4.69) is 9.59 Å². The van der Waals surface area contributed by atoms with Gasteiger partial charge >= 0.3 is 5.97 Å². The van der Waals surface area contributed by atoms with E-state index in [0.717, 1.165) is 11.5 Å². The number of aliphatic carboxylic acids is 1. The molecule has 2 atom stereocenters. The predicted octanol–water partition coefficient (Wildman–Crippen LogP) is 1.82. The molecule has 0 radical (unpaired) electrons. The molecule has 0 aliphatic carbocycles. The van der Waals surface area contributed by atoms with Gasteiger partial charge in [0.2, 0.25) is 0 Å². The Kier molecular flexibility index (Phi) is 4.06. The highest BCUT2D eigenvalue weighted by Gasteiger charge is 2.42. The van der Waals surface area contributed by atoms with E-state index in [-0.39, 0.29) is 16.7 Å². The molecule has 0 aromatic carbocycles. The summed E-state index contributed by atoms with van der Waals surface area (Å²) in [6, 6.07) is -0.780. The molecule has 1 aromatic rings. The third-order valence-electron chi connectivity index (χ3n) is 3.14. The minimum atomic E-state index is -0.968. The van der Waals surface area contributed by atoms with Crippen LogP contribution >= 0.6 is 23.3 Å². The number of hydrogen-bond donors (Lipinski definition) is 1. The van der Waals surface area contributed by atoms with Gasteiger partial charge in [-0.1, -0.05) is 25.3 Å². The van der Waals surface area contributed by atoms with Gasteiger partial charge in [0.15, 0.2) is 0 Å². The van der Waals surface area contributed by atoms with E-state index < -0.39 is 12.0 Å². The highest BCUT2D eigenvalue weighted by atomic mass is 32.2. The maximum atomic E-state index is 12.7. The zero-order chi connectivity index (χ0) is 15.1. The summed E-state index contributed by atoms with van der Waals surface area (Å²) in [6.07, 6.45) is 0. The summed E-state index contributed by atoms with van der Waals surface area (Å²) in [7, 11) is 0. The van der Waals surface area contributed by atoms with Crippen LogP contribution in [-0.2, 0) is 10.2 Å². The van der Waals surface area contributed by atoms with Gasteiger partial charge in [-0.25, -0.2) is 4.79 Å². The summed E-state index contributed by atoms with van der Waals surface area (Å²) in [5, 5.41) is 13.1. The molecule has 1 saturated heterocycles. The normalized spacial score (nSPS) is 23.1. The Hall–Kier alpha value is -1.15. The zero-order valence-corrected chi connectivity index (χ0v) is 13.4. The Bertz CT molecular complexity index is 538. The number of carbonyl (C=O) groups is 2. The fourth-order valence-electron chi connectivity index (χ4n) is 2.08. The molecule has 2 heterocycles. The van der Waals surface area contributed by atoms with Crippen LogP contribution < -0.4 is 0 Å². The predicted molar refractivity (Wildman–Crippen MR) is 78.1 cm³/mol. The van der Waals surface area contributed by atoms with Gasteiger partial charge in [0.25, 0.3) is 5.91 Å². The second kappa shape index (κ2) is 5.33. The molecule has 1 aliphatic heterocycles. The lowest BCUT2D eigenvalue weighted by molar-refractivity contribution is -0.141. The minimum absolute atomic E-state index is 0.154. The molecule has 110 valence electrons. The van der Waals surface area contributed by atoms with Crippen LogP contribution in [0.5, 0.6) is 0 Å². The SMILES string of the molecule is CC1SCC(C(=O)O)N1C(=O)c1snnc1C(C)(C)C. The van der Waals surface area contributed by atoms with Crippen LogP contribution in [0.4, 0.5) is 0 Å². The van der Waals surface area contributed by atoms with Crippen molar-refractivity contribution >= 4 is 35.2 Å². The van der Waals surface area contributed by atoms with E-state index in [9.17, 15) is 14.7 Å². The first kappa shape index (κ1) is 15.2. The van der Waals surface area contributed by atoms with Crippen molar-refractivity contribution in [2.75, 3.05) is 5.75 Å². The lowest BCUT2D eigenvalue weighted by atomic mass is 9.91. The summed E-state index contributed by atoms with van der Waals surface area (Å²) < 4.78 is 3.87. The van der Waals surface area contributed by atoms with Gasteiger partial charge in [-0.15, -0.1) is 16.9 Å². The molecular formula is C12H17N3O3S2. The van der Waals surface area contributed by atoms with E-state index in [1.807, 2.05) is 27.7 Å². The first-order valence-corrected chi connectivity index (χ1v) is 8.05. The minimum Gasteiger partial charge on any atom is -0.480 e. The number of thioether (sulfide) groups is 1. The summed E-state index contributed by atoms with van der Waals surface area (Å²) in [5.74, 6) is -0.834. The quantitative estimate of drug-likeness (QED) is 0.896. The number of carboxylic acid groups (broad SMARTS) is 1. The maximum Gasteiger partial charge on any atom is 0.327 e. The number of amides is 1. The van der Waals surface area contributed by atoms with E-state index in [1.54, 1.807) is 0 Å². The van der Waals surface area contributed by atoms with Gasteiger partial charge in [-0.3, -0.25) is 4.79 Å². The van der Waals surface area contributed by atoms with Crippen molar-refractivity contribution in [2.24, 2.45) is 0 Å². The van der Waals surface area contributed by atoms with E-state index in [0.29, 0.717) is 16.3 Å². The fraction of sp³-hybridized carbons (Fsp3) is 0.667. The Labute approximate surface area is 125 Å². The topological polar surface area (TPSA) is 83.4 Å². The van der Waals surface area contributed by atoms with Crippen LogP contribution in [0.2, 0.25) is 0 Å². The van der Waals surface area contributed by atoms with Crippen molar-refractivity contribution in [3.63, 3.8) is 0 Å². The fourth-order valence-corrected chi connectivity index (χ4v) is 4.07. The van der Waals surface area contributed by atoms with Gasteiger partial charge in [0.05, 0.1) is 11.1 Å². The molecule has 1 amide bonds. The molecule has 1 aromatic heterocycles. The first-order valence-electron chi connectivity index (χ1n) is 6.23. The number of aromatic nitrogens is 2. The molecule has 8 heteroatoms. The van der Waals surface area contributed by atoms with Gasteiger partial charge in [-0.2, -0.15) is 0 Å². The van der Waals surface area contributed by atoms with E-state index >= 15 is 0 Å². The van der Waals surface area contributed by atoms with Gasteiger partial charge < -0.3 is 10.0 Å². The summed E-state index contributed by atoms with van der Waals surface area (Å²) in [6.45, 7) is 7.71. The molecular weight excluding hydrogens is 298 g/mol. The summed E-state index contributed by atoms with van der Waals surface area (Å²) in [5.41, 5.74) is 0.327. The molecule has 2 rings (SSSR count). The number of carbonyl (C=O) groups excluding carboxylic acids is 1. The van der Waals surface area contributed by atoms with Crippen molar-refractivity contribution in [2.45, 2.75) is 44.5 Å². The molecule has 20 heavy (non-hydrogen) atoms. The average Bonchev–Trinajstić information content (AvgIpc) is 2.92. The lowest BCUT2D eigenvalue weighted by Crippen LogP contribution is -2.45. The number of carboxylic acids is 1. The second-order valence-electron chi connectivity index (χ2n) is 5.70. The van der Waals surface area contributed by atoms with Crippen molar-refractivity contribution in [3.05, 3.63) is 10.6 Å². The smallest absolute Gasteiger partial charge is 0.327 e. The Balaban J connectivity index is 2.36. The van der Waals surface area contributed by atoms with Crippen molar-refractivity contribution in [1.29, 1.82) is 0 Å². The third kappa shape index (κ3) is 2.67. The monoisotopic (exact) mass is 315 g/mol. The molecule has 1 aliphatic rings. The molecule has 0 saturated carbocycles. The van der Waals surface area contributed by atoms with Gasteiger partial charge in [0.1, 0.15) is 10.9 Å². The van der Waals surface area contributed by atoms with Crippen LogP contribution in [0.3, 0.4) is 0 Å². The number of nitrogens with zero attached hydrogens (tertiary/aromatic N) is 3. The van der Waals surface area contributed by atoms with E-state index in [1.165, 1.54) is 16.7 Å². The van der Waals surface area contributed by atoms with Crippen LogP contribution in [-0.4, -0.2) is 48.6 Å². The Morgan fingerprint density at radius 2 is 2.05 bits per heavy atom. The standard InChI is InChI=1S/C12H17N3O3S2/c1-6-15(7(5-19-6)11(17)18)10(16)8-9(12(2,3)4)13-14-20-8/h6-7H,5H2,1-4H3,(H,17,18). The van der Waals surface area contributed by atoms with Crippen molar-refractivity contribution < 1.29 is 14.7 Å².